The number of alkyl halides is 1. The number of rotatable bonds is 4. The zero-order chi connectivity index (χ0) is 14.8. The summed E-state index contributed by atoms with van der Waals surface area (Å²) in [6.07, 6.45) is 3.61. The van der Waals surface area contributed by atoms with Crippen LogP contribution in [0.2, 0.25) is 0 Å². The molecule has 2 heterocycles. The largest absolute Gasteiger partial charge is 0.382 e. The van der Waals surface area contributed by atoms with Gasteiger partial charge in [-0.3, -0.25) is 0 Å². The van der Waals surface area contributed by atoms with Crippen LogP contribution in [0.25, 0.3) is 16.9 Å². The van der Waals surface area contributed by atoms with Crippen LogP contribution in [0.15, 0.2) is 54.8 Å². The van der Waals surface area contributed by atoms with E-state index >= 15 is 0 Å². The van der Waals surface area contributed by atoms with E-state index < -0.39 is 6.67 Å². The van der Waals surface area contributed by atoms with Gasteiger partial charge in [-0.05, 0) is 6.07 Å². The Labute approximate surface area is 113 Å². The predicted molar refractivity (Wildman–Crippen MR) is 75.1 cm³/mol. The molecule has 0 radical (unpaired) electrons. The van der Waals surface area contributed by atoms with Gasteiger partial charge in [0.05, 0.1) is 8.44 Å². The molecule has 19 heavy (non-hydrogen) atoms. The number of nitrogens with zero attached hydrogens (tertiary/aromatic N) is 2. The SMILES string of the molecule is [3H]c1cccc([3H])c1-c1cn2ccc(NCCF)cc2n1. The van der Waals surface area contributed by atoms with Crippen molar-refractivity contribution in [1.29, 1.82) is 0 Å². The Morgan fingerprint density at radius 1 is 1.32 bits per heavy atom. The average molecular weight is 259 g/mol. The Balaban J connectivity index is 2.05. The first kappa shape index (κ1) is 9.55. The van der Waals surface area contributed by atoms with Crippen molar-refractivity contribution in [2.45, 2.75) is 0 Å². The van der Waals surface area contributed by atoms with Crippen molar-refractivity contribution in [3.8, 4) is 11.3 Å². The maximum absolute atomic E-state index is 12.2. The molecule has 4 heteroatoms. The molecule has 0 spiro atoms. The summed E-state index contributed by atoms with van der Waals surface area (Å²) >= 11 is 0. The van der Waals surface area contributed by atoms with Crippen LogP contribution in [0.3, 0.4) is 0 Å². The number of aromatic nitrogens is 2. The monoisotopic (exact) mass is 259 g/mol. The number of benzene rings is 1. The maximum Gasteiger partial charge on any atom is 0.139 e. The fraction of sp³-hybridized carbons (Fsp3) is 0.133. The highest BCUT2D eigenvalue weighted by Gasteiger charge is 2.04. The van der Waals surface area contributed by atoms with Gasteiger partial charge in [-0.25, -0.2) is 9.37 Å². The molecule has 3 rings (SSSR count). The minimum Gasteiger partial charge on any atom is -0.382 e. The van der Waals surface area contributed by atoms with E-state index in [2.05, 4.69) is 10.3 Å². The molecule has 0 saturated carbocycles. The van der Waals surface area contributed by atoms with Crippen molar-refractivity contribution in [3.63, 3.8) is 0 Å². The van der Waals surface area contributed by atoms with Crippen LogP contribution in [0.4, 0.5) is 10.1 Å². The van der Waals surface area contributed by atoms with E-state index in [4.69, 9.17) is 2.74 Å². The molecule has 3 nitrogen and oxygen atoms in total. The normalized spacial score (nSPS) is 12.3. The summed E-state index contributed by atoms with van der Waals surface area (Å²) in [6.45, 7) is -0.171. The lowest BCUT2D eigenvalue weighted by Crippen LogP contribution is -2.02. The fourth-order valence-electron chi connectivity index (χ4n) is 1.90. The quantitative estimate of drug-likeness (QED) is 0.778. The Morgan fingerprint density at radius 2 is 2.16 bits per heavy atom. The lowest BCUT2D eigenvalue weighted by molar-refractivity contribution is 0.513. The predicted octanol–water partition coefficient (Wildman–Crippen LogP) is 3.38. The van der Waals surface area contributed by atoms with Gasteiger partial charge in [0.15, 0.2) is 0 Å². The van der Waals surface area contributed by atoms with Crippen molar-refractivity contribution < 1.29 is 7.13 Å². The van der Waals surface area contributed by atoms with Crippen LogP contribution in [0, 0.1) is 0 Å². The Morgan fingerprint density at radius 3 is 2.95 bits per heavy atom. The number of anilines is 1. The second-order valence-electron chi connectivity index (χ2n) is 4.11. The average Bonchev–Trinajstić information content (AvgIpc) is 2.87. The van der Waals surface area contributed by atoms with Crippen LogP contribution in [0.1, 0.15) is 2.74 Å². The minimum absolute atomic E-state index is 0.260. The number of fused-ring (bicyclic) bond motifs is 1. The second-order valence-corrected chi connectivity index (χ2v) is 4.11. The third-order valence-electron chi connectivity index (χ3n) is 2.79. The highest BCUT2D eigenvalue weighted by molar-refractivity contribution is 5.64. The fourth-order valence-corrected chi connectivity index (χ4v) is 1.90. The second kappa shape index (κ2) is 5.10. The van der Waals surface area contributed by atoms with Gasteiger partial charge >= 0.3 is 0 Å². The van der Waals surface area contributed by atoms with E-state index in [1.807, 2.05) is 22.7 Å². The van der Waals surface area contributed by atoms with E-state index in [9.17, 15) is 4.39 Å². The number of nitrogens with one attached hydrogen (secondary N) is 1. The number of imidazole rings is 1. The van der Waals surface area contributed by atoms with Gasteiger partial charge in [0.25, 0.3) is 0 Å². The highest BCUT2D eigenvalue weighted by Crippen LogP contribution is 2.20. The first-order valence-corrected chi connectivity index (χ1v) is 6.04. The van der Waals surface area contributed by atoms with E-state index in [1.54, 1.807) is 24.4 Å². The maximum atomic E-state index is 12.2. The molecule has 0 bridgehead atoms. The summed E-state index contributed by atoms with van der Waals surface area (Å²) < 4.78 is 29.9. The smallest absolute Gasteiger partial charge is 0.139 e. The van der Waals surface area contributed by atoms with Crippen LogP contribution in [-0.4, -0.2) is 22.6 Å². The summed E-state index contributed by atoms with van der Waals surface area (Å²) in [6, 6.07) is 9.18. The minimum atomic E-state index is -0.431. The molecule has 0 aliphatic rings. The van der Waals surface area contributed by atoms with Gasteiger partial charge in [0.2, 0.25) is 0 Å². The number of halogens is 1. The standard InChI is InChI=1S/C15H14FN3/c16-7-8-17-13-6-9-19-11-14(18-15(19)10-13)12-4-2-1-3-5-12/h1-6,9-11,17H,7-8H2/i4T,5T. The molecule has 0 aliphatic heterocycles. The number of hydrogen-bond donors (Lipinski definition) is 1. The molecule has 1 aromatic carbocycles. The lowest BCUT2D eigenvalue weighted by Gasteiger charge is -2.03. The lowest BCUT2D eigenvalue weighted by atomic mass is 10.2. The van der Waals surface area contributed by atoms with E-state index in [0.29, 0.717) is 16.9 Å². The van der Waals surface area contributed by atoms with Gasteiger partial charge < -0.3 is 9.72 Å². The number of hydrogen-bond acceptors (Lipinski definition) is 2. The number of pyridine rings is 1. The third-order valence-corrected chi connectivity index (χ3v) is 2.79. The molecular weight excluding hydrogens is 241 g/mol. The molecule has 0 fully saturated rings. The van der Waals surface area contributed by atoms with E-state index in [1.165, 1.54) is 0 Å². The molecule has 0 aliphatic carbocycles. The van der Waals surface area contributed by atoms with Crippen LogP contribution < -0.4 is 5.32 Å². The van der Waals surface area contributed by atoms with Crippen LogP contribution in [-0.2, 0) is 0 Å². The molecular formula is C15H14FN3. The highest BCUT2D eigenvalue weighted by atomic mass is 19.1. The van der Waals surface area contributed by atoms with Crippen molar-refractivity contribution in [2.24, 2.45) is 0 Å². The van der Waals surface area contributed by atoms with Gasteiger partial charge in [-0.2, -0.15) is 0 Å². The third kappa shape index (κ3) is 2.42. The van der Waals surface area contributed by atoms with Crippen molar-refractivity contribution >= 4 is 11.3 Å². The van der Waals surface area contributed by atoms with Crippen LogP contribution >= 0.6 is 0 Å². The Hall–Kier alpha value is -2.36. The summed E-state index contributed by atoms with van der Waals surface area (Å²) in [4.78, 5) is 4.46. The molecule has 0 atom stereocenters. The van der Waals surface area contributed by atoms with Crippen molar-refractivity contribution in [3.05, 3.63) is 54.8 Å². The molecule has 0 saturated heterocycles. The van der Waals surface area contributed by atoms with E-state index in [0.717, 1.165) is 5.69 Å². The summed E-state index contributed by atoms with van der Waals surface area (Å²) in [5.41, 5.74) is 2.59. The first-order chi connectivity index (χ1) is 10.2. The van der Waals surface area contributed by atoms with Gasteiger partial charge in [-0.1, -0.05) is 30.3 Å². The van der Waals surface area contributed by atoms with Gasteiger partial charge in [0, 0.05) is 36.3 Å². The molecule has 2 aromatic heterocycles. The topological polar surface area (TPSA) is 29.3 Å². The van der Waals surface area contributed by atoms with Gasteiger partial charge in [-0.15, -0.1) is 0 Å². The van der Waals surface area contributed by atoms with Crippen LogP contribution in [0.5, 0.6) is 0 Å². The molecule has 0 unspecified atom stereocenters. The Kier molecular flexibility index (Phi) is 2.56. The van der Waals surface area contributed by atoms with E-state index in [-0.39, 0.29) is 18.6 Å². The van der Waals surface area contributed by atoms with Gasteiger partial charge in [0.1, 0.15) is 12.3 Å². The van der Waals surface area contributed by atoms with Crippen molar-refractivity contribution in [2.75, 3.05) is 18.5 Å². The first-order valence-electron chi connectivity index (χ1n) is 7.04. The van der Waals surface area contributed by atoms with Crippen molar-refractivity contribution in [1.82, 2.24) is 9.38 Å². The molecule has 96 valence electrons. The zero-order valence-corrected chi connectivity index (χ0v) is 10.2. The molecule has 1 N–H and O–H groups in total. The summed E-state index contributed by atoms with van der Waals surface area (Å²) in [7, 11) is 0. The Bertz CT molecular complexity index is 765. The summed E-state index contributed by atoms with van der Waals surface area (Å²) in [5.74, 6) is 0. The molecule has 3 aromatic rings. The zero-order valence-electron chi connectivity index (χ0n) is 12.2. The summed E-state index contributed by atoms with van der Waals surface area (Å²) in [5, 5.41) is 2.96. The molecule has 0 amide bonds.